The molecule has 0 spiro atoms. The smallest absolute Gasteiger partial charge is 0.269 e. The van der Waals surface area contributed by atoms with Gasteiger partial charge in [-0.3, -0.25) is 4.79 Å². The van der Waals surface area contributed by atoms with Crippen LogP contribution in [0.2, 0.25) is 5.02 Å². The summed E-state index contributed by atoms with van der Waals surface area (Å²) >= 11 is 5.74. The summed E-state index contributed by atoms with van der Waals surface area (Å²) in [6.07, 6.45) is -0.791. The molecule has 0 bridgehead atoms. The number of nitrogens with one attached hydrogen (secondary N) is 1. The lowest BCUT2D eigenvalue weighted by Crippen LogP contribution is -2.38. The number of hydrogen-bond donors (Lipinski definition) is 2. The van der Waals surface area contributed by atoms with Crippen molar-refractivity contribution in [1.29, 1.82) is 0 Å². The fraction of sp³-hybridized carbons (Fsp3) is 0.200. The minimum atomic E-state index is -1.02. The number of benzene rings is 1. The van der Waals surface area contributed by atoms with Crippen molar-refractivity contribution >= 4 is 23.2 Å². The lowest BCUT2D eigenvalue weighted by atomic mass is 10.0. The molecule has 1 aromatic carbocycles. The van der Waals surface area contributed by atoms with Crippen LogP contribution in [0.3, 0.4) is 0 Å². The van der Waals surface area contributed by atoms with Crippen molar-refractivity contribution in [3.8, 4) is 0 Å². The Kier molecular flexibility index (Phi) is 2.70. The summed E-state index contributed by atoms with van der Waals surface area (Å²) in [6, 6.07) is 7.07. The highest BCUT2D eigenvalue weighted by Crippen LogP contribution is 2.14. The van der Waals surface area contributed by atoms with Crippen molar-refractivity contribution in [2.24, 2.45) is 5.10 Å². The van der Waals surface area contributed by atoms with Gasteiger partial charge in [0.05, 0.1) is 5.71 Å². The van der Waals surface area contributed by atoms with Gasteiger partial charge >= 0.3 is 0 Å². The molecular weight excluding hydrogens is 216 g/mol. The molecule has 1 heterocycles. The summed E-state index contributed by atoms with van der Waals surface area (Å²) in [7, 11) is 0. The second-order valence-corrected chi connectivity index (χ2v) is 3.70. The number of carbonyl (C=O) groups excluding carboxylic acids is 1. The Bertz CT molecular complexity index is 414. The number of nitrogens with zero attached hydrogens (tertiary/aromatic N) is 1. The van der Waals surface area contributed by atoms with Crippen molar-refractivity contribution in [1.82, 2.24) is 5.43 Å². The fourth-order valence-corrected chi connectivity index (χ4v) is 1.47. The molecule has 2 rings (SSSR count). The van der Waals surface area contributed by atoms with Crippen LogP contribution in [0, 0.1) is 0 Å². The van der Waals surface area contributed by atoms with E-state index < -0.39 is 12.0 Å². The molecule has 0 aliphatic carbocycles. The Morgan fingerprint density at radius 3 is 2.67 bits per heavy atom. The molecule has 1 aliphatic heterocycles. The Hall–Kier alpha value is -1.39. The van der Waals surface area contributed by atoms with E-state index in [1.54, 1.807) is 24.3 Å². The lowest BCUT2D eigenvalue weighted by Gasteiger charge is -2.16. The Morgan fingerprint density at radius 1 is 1.40 bits per heavy atom. The molecule has 78 valence electrons. The standard InChI is InChI=1S/C10H9ClN2O2/c11-7-3-1-6(2-4-7)8-5-9(14)10(15)13-12-8/h1-4,9,14H,5H2,(H,13,15). The van der Waals surface area contributed by atoms with Gasteiger partial charge in [-0.15, -0.1) is 0 Å². The minimum absolute atomic E-state index is 0.230. The van der Waals surface area contributed by atoms with E-state index in [0.29, 0.717) is 10.7 Å². The third-order valence-corrected chi connectivity index (χ3v) is 2.42. The van der Waals surface area contributed by atoms with Crippen molar-refractivity contribution < 1.29 is 9.90 Å². The molecule has 0 saturated heterocycles. The van der Waals surface area contributed by atoms with Crippen LogP contribution in [0.1, 0.15) is 12.0 Å². The average Bonchev–Trinajstić information content (AvgIpc) is 2.23. The van der Waals surface area contributed by atoms with Crippen LogP contribution in [0.25, 0.3) is 0 Å². The maximum absolute atomic E-state index is 10.9. The first-order chi connectivity index (χ1) is 7.16. The maximum atomic E-state index is 10.9. The maximum Gasteiger partial charge on any atom is 0.269 e. The topological polar surface area (TPSA) is 61.7 Å². The number of aliphatic hydroxyl groups excluding tert-OH is 1. The van der Waals surface area contributed by atoms with Crippen molar-refractivity contribution in [3.05, 3.63) is 34.9 Å². The predicted octanol–water partition coefficient (Wildman–Crippen LogP) is 0.925. The van der Waals surface area contributed by atoms with Gasteiger partial charge in [0.15, 0.2) is 0 Å². The Balaban J connectivity index is 2.25. The van der Waals surface area contributed by atoms with E-state index in [9.17, 15) is 9.90 Å². The number of hydrazone groups is 1. The first kappa shape index (κ1) is 10.1. The molecule has 0 radical (unpaired) electrons. The zero-order valence-corrected chi connectivity index (χ0v) is 8.53. The third-order valence-electron chi connectivity index (χ3n) is 2.17. The van der Waals surface area contributed by atoms with E-state index in [1.165, 1.54) is 0 Å². The molecule has 1 unspecified atom stereocenters. The zero-order valence-electron chi connectivity index (χ0n) is 7.77. The quantitative estimate of drug-likeness (QED) is 0.745. The lowest BCUT2D eigenvalue weighted by molar-refractivity contribution is -0.129. The molecule has 15 heavy (non-hydrogen) atoms. The minimum Gasteiger partial charge on any atom is -0.383 e. The second-order valence-electron chi connectivity index (χ2n) is 3.26. The molecular formula is C10H9ClN2O2. The number of aliphatic hydroxyl groups is 1. The van der Waals surface area contributed by atoms with Crippen molar-refractivity contribution in [2.45, 2.75) is 12.5 Å². The number of halogens is 1. The Morgan fingerprint density at radius 2 is 2.07 bits per heavy atom. The van der Waals surface area contributed by atoms with Crippen LogP contribution in [0.5, 0.6) is 0 Å². The molecule has 0 fully saturated rings. The molecule has 0 aromatic heterocycles. The number of carbonyl (C=O) groups is 1. The van der Waals surface area contributed by atoms with Crippen LogP contribution in [-0.2, 0) is 4.79 Å². The molecule has 1 amide bonds. The van der Waals surface area contributed by atoms with Gasteiger partial charge in [0.25, 0.3) is 5.91 Å². The van der Waals surface area contributed by atoms with Crippen molar-refractivity contribution in [3.63, 3.8) is 0 Å². The number of hydrogen-bond acceptors (Lipinski definition) is 3. The Labute approximate surface area is 91.6 Å². The van der Waals surface area contributed by atoms with Crippen LogP contribution >= 0.6 is 11.6 Å². The highest BCUT2D eigenvalue weighted by Gasteiger charge is 2.22. The van der Waals surface area contributed by atoms with E-state index >= 15 is 0 Å². The summed E-state index contributed by atoms with van der Waals surface area (Å²) in [5.74, 6) is -0.465. The van der Waals surface area contributed by atoms with Crippen LogP contribution in [0.4, 0.5) is 0 Å². The normalized spacial score (nSPS) is 20.8. The first-order valence-electron chi connectivity index (χ1n) is 4.47. The van der Waals surface area contributed by atoms with E-state index in [4.69, 9.17) is 11.6 Å². The van der Waals surface area contributed by atoms with Gasteiger partial charge in [0.1, 0.15) is 6.10 Å². The molecule has 4 nitrogen and oxygen atoms in total. The molecule has 1 aliphatic rings. The van der Waals surface area contributed by atoms with Crippen LogP contribution in [-0.4, -0.2) is 22.8 Å². The zero-order chi connectivity index (χ0) is 10.8. The van der Waals surface area contributed by atoms with E-state index in [2.05, 4.69) is 10.5 Å². The van der Waals surface area contributed by atoms with Gasteiger partial charge in [-0.1, -0.05) is 23.7 Å². The molecule has 0 saturated carbocycles. The van der Waals surface area contributed by atoms with E-state index in [-0.39, 0.29) is 6.42 Å². The summed E-state index contributed by atoms with van der Waals surface area (Å²) in [4.78, 5) is 10.9. The SMILES string of the molecule is O=C1NN=C(c2ccc(Cl)cc2)CC1O. The van der Waals surface area contributed by atoms with E-state index in [1.807, 2.05) is 0 Å². The highest BCUT2D eigenvalue weighted by molar-refractivity contribution is 6.30. The van der Waals surface area contributed by atoms with Crippen LogP contribution in [0.15, 0.2) is 29.4 Å². The molecule has 1 aromatic rings. The van der Waals surface area contributed by atoms with E-state index in [0.717, 1.165) is 5.56 Å². The van der Waals surface area contributed by atoms with Crippen molar-refractivity contribution in [2.75, 3.05) is 0 Å². The predicted molar refractivity (Wildman–Crippen MR) is 56.8 cm³/mol. The fourth-order valence-electron chi connectivity index (χ4n) is 1.34. The number of amides is 1. The monoisotopic (exact) mass is 224 g/mol. The number of rotatable bonds is 1. The van der Waals surface area contributed by atoms with Gasteiger partial charge in [-0.2, -0.15) is 5.10 Å². The van der Waals surface area contributed by atoms with Gasteiger partial charge < -0.3 is 5.11 Å². The molecule has 2 N–H and O–H groups in total. The third kappa shape index (κ3) is 2.16. The van der Waals surface area contributed by atoms with Gasteiger partial charge in [0, 0.05) is 11.4 Å². The first-order valence-corrected chi connectivity index (χ1v) is 4.85. The second kappa shape index (κ2) is 4.00. The van der Waals surface area contributed by atoms with Crippen LogP contribution < -0.4 is 5.43 Å². The summed E-state index contributed by atoms with van der Waals surface area (Å²) in [5, 5.41) is 13.9. The highest BCUT2D eigenvalue weighted by atomic mass is 35.5. The van der Waals surface area contributed by atoms with Gasteiger partial charge in [-0.05, 0) is 17.7 Å². The van der Waals surface area contributed by atoms with Gasteiger partial charge in [-0.25, -0.2) is 5.43 Å². The average molecular weight is 225 g/mol. The summed E-state index contributed by atoms with van der Waals surface area (Å²) in [5.41, 5.74) is 3.76. The summed E-state index contributed by atoms with van der Waals surface area (Å²) in [6.45, 7) is 0. The summed E-state index contributed by atoms with van der Waals surface area (Å²) < 4.78 is 0. The van der Waals surface area contributed by atoms with Gasteiger partial charge in [0.2, 0.25) is 0 Å². The molecule has 1 atom stereocenters. The molecule has 5 heteroatoms. The largest absolute Gasteiger partial charge is 0.383 e.